The van der Waals surface area contributed by atoms with Crippen molar-refractivity contribution in [3.63, 3.8) is 0 Å². The van der Waals surface area contributed by atoms with E-state index >= 15 is 0 Å². The van der Waals surface area contributed by atoms with Crippen LogP contribution < -0.4 is 0 Å². The molecule has 0 unspecified atom stereocenters. The molecule has 3 rings (SSSR count). The first-order valence-electron chi connectivity index (χ1n) is 7.21. The van der Waals surface area contributed by atoms with E-state index in [1.54, 1.807) is 16.4 Å². The van der Waals surface area contributed by atoms with E-state index < -0.39 is 17.7 Å². The average Bonchev–Trinajstić information content (AvgIpc) is 2.91. The fourth-order valence-corrected chi connectivity index (χ4v) is 2.75. The summed E-state index contributed by atoms with van der Waals surface area (Å²) >= 11 is 0. The first-order chi connectivity index (χ1) is 10.5. The number of halogens is 2. The van der Waals surface area contributed by atoms with Gasteiger partial charge in [-0.25, -0.2) is 8.78 Å². The molecule has 116 valence electrons. The van der Waals surface area contributed by atoms with Gasteiger partial charge in [0.25, 0.3) is 0 Å². The number of carbonyl (C=O) groups excluding carboxylic acids is 1. The lowest BCUT2D eigenvalue weighted by atomic mass is 10.1. The van der Waals surface area contributed by atoms with Gasteiger partial charge in [0, 0.05) is 12.1 Å². The van der Waals surface area contributed by atoms with Crippen LogP contribution in [-0.4, -0.2) is 32.1 Å². The van der Waals surface area contributed by atoms with Gasteiger partial charge < -0.3 is 4.90 Å². The predicted molar refractivity (Wildman–Crippen MR) is 75.8 cm³/mol. The molecule has 1 atom stereocenters. The average molecular weight is 306 g/mol. The van der Waals surface area contributed by atoms with Crippen LogP contribution in [0.5, 0.6) is 0 Å². The van der Waals surface area contributed by atoms with Crippen molar-refractivity contribution in [2.24, 2.45) is 0 Å². The van der Waals surface area contributed by atoms with Gasteiger partial charge in [-0.2, -0.15) is 0 Å². The lowest BCUT2D eigenvalue weighted by Gasteiger charge is -2.31. The van der Waals surface area contributed by atoms with E-state index in [4.69, 9.17) is 0 Å². The first kappa shape index (κ1) is 14.6. The van der Waals surface area contributed by atoms with Gasteiger partial charge in [0.05, 0.1) is 6.54 Å². The van der Waals surface area contributed by atoms with Gasteiger partial charge in [-0.05, 0) is 31.5 Å². The summed E-state index contributed by atoms with van der Waals surface area (Å²) in [5.41, 5.74) is 0.404. The maximum Gasteiger partial charge on any atom is 0.245 e. The third kappa shape index (κ3) is 2.26. The molecule has 0 bridgehead atoms. The van der Waals surface area contributed by atoms with Crippen LogP contribution in [0.25, 0.3) is 11.4 Å². The third-order valence-electron chi connectivity index (χ3n) is 3.83. The molecule has 0 saturated carbocycles. The number of hydrogen-bond acceptors (Lipinski definition) is 3. The van der Waals surface area contributed by atoms with Crippen molar-refractivity contribution in [1.29, 1.82) is 0 Å². The highest BCUT2D eigenvalue weighted by Crippen LogP contribution is 2.29. The molecule has 22 heavy (non-hydrogen) atoms. The van der Waals surface area contributed by atoms with Crippen molar-refractivity contribution in [2.45, 2.75) is 32.9 Å². The number of benzene rings is 1. The summed E-state index contributed by atoms with van der Waals surface area (Å²) in [4.78, 5) is 14.1. The zero-order chi connectivity index (χ0) is 15.9. The van der Waals surface area contributed by atoms with Gasteiger partial charge >= 0.3 is 0 Å². The molecule has 0 N–H and O–H groups in total. The minimum Gasteiger partial charge on any atom is -0.333 e. The molecule has 2 aromatic rings. The van der Waals surface area contributed by atoms with Crippen molar-refractivity contribution >= 4 is 5.91 Å². The summed E-state index contributed by atoms with van der Waals surface area (Å²) in [5.74, 6) is -0.846. The Bertz CT molecular complexity index is 728. The summed E-state index contributed by atoms with van der Waals surface area (Å²) in [6, 6.07) is 3.09. The second kappa shape index (κ2) is 5.47. The van der Waals surface area contributed by atoms with Gasteiger partial charge in [-0.1, -0.05) is 6.92 Å². The Hall–Kier alpha value is -2.31. The largest absolute Gasteiger partial charge is 0.333 e. The Morgan fingerprint density at radius 2 is 2.05 bits per heavy atom. The second-order valence-electron chi connectivity index (χ2n) is 5.37. The molecular formula is C15H16F2N4O. The fraction of sp³-hybridized carbons (Fsp3) is 0.400. The highest BCUT2D eigenvalue weighted by Gasteiger charge is 2.33. The Morgan fingerprint density at radius 1 is 1.27 bits per heavy atom. The van der Waals surface area contributed by atoms with Gasteiger partial charge in [-0.15, -0.1) is 10.2 Å². The van der Waals surface area contributed by atoms with Crippen molar-refractivity contribution in [1.82, 2.24) is 19.7 Å². The summed E-state index contributed by atoms with van der Waals surface area (Å²) in [7, 11) is 0. The van der Waals surface area contributed by atoms with Gasteiger partial charge in [0.2, 0.25) is 5.91 Å². The molecule has 1 aromatic carbocycles. The molecule has 0 saturated heterocycles. The molecule has 2 heterocycles. The zero-order valence-corrected chi connectivity index (χ0v) is 12.4. The standard InChI is InChI=1S/C15H16F2N4O/c1-3-6-20-8-13-18-19-14(21(13)9(2)15(20)22)10-4-5-11(16)12(17)7-10/h4-5,7,9H,3,6,8H2,1-2H3/t9-/m1/s1. The summed E-state index contributed by atoms with van der Waals surface area (Å²) < 4.78 is 28.2. The van der Waals surface area contributed by atoms with Crippen molar-refractivity contribution in [3.05, 3.63) is 35.7 Å². The number of carbonyl (C=O) groups is 1. The van der Waals surface area contributed by atoms with Gasteiger partial charge in [0.1, 0.15) is 6.04 Å². The lowest BCUT2D eigenvalue weighted by Crippen LogP contribution is -2.42. The van der Waals surface area contributed by atoms with Gasteiger partial charge in [0.15, 0.2) is 23.3 Å². The van der Waals surface area contributed by atoms with E-state index in [1.807, 2.05) is 6.92 Å². The topological polar surface area (TPSA) is 51.0 Å². The first-order valence-corrected chi connectivity index (χ1v) is 7.21. The lowest BCUT2D eigenvalue weighted by molar-refractivity contribution is -0.136. The number of amides is 1. The van der Waals surface area contributed by atoms with Crippen LogP contribution in [0, 0.1) is 11.6 Å². The van der Waals surface area contributed by atoms with E-state index in [9.17, 15) is 13.6 Å². The Kier molecular flexibility index (Phi) is 3.64. The Balaban J connectivity index is 2.04. The predicted octanol–water partition coefficient (Wildman–Crippen LogP) is 2.54. The van der Waals surface area contributed by atoms with Crippen LogP contribution in [-0.2, 0) is 11.3 Å². The molecule has 1 amide bonds. The molecule has 1 aliphatic heterocycles. The summed E-state index contributed by atoms with van der Waals surface area (Å²) in [6.07, 6.45) is 0.864. The quantitative estimate of drug-likeness (QED) is 0.875. The molecule has 0 aliphatic carbocycles. The summed E-state index contributed by atoms with van der Waals surface area (Å²) in [5, 5.41) is 8.17. The molecule has 0 fully saturated rings. The third-order valence-corrected chi connectivity index (χ3v) is 3.83. The van der Waals surface area contributed by atoms with Crippen molar-refractivity contribution in [2.75, 3.05) is 6.54 Å². The van der Waals surface area contributed by atoms with E-state index in [1.165, 1.54) is 6.07 Å². The number of aromatic nitrogens is 3. The van der Waals surface area contributed by atoms with Crippen molar-refractivity contribution in [3.8, 4) is 11.4 Å². The van der Waals surface area contributed by atoms with Crippen molar-refractivity contribution < 1.29 is 13.6 Å². The number of nitrogens with zero attached hydrogens (tertiary/aromatic N) is 4. The van der Waals surface area contributed by atoms with Crippen LogP contribution in [0.1, 0.15) is 32.1 Å². The highest BCUT2D eigenvalue weighted by atomic mass is 19.2. The minimum atomic E-state index is -0.947. The van der Waals surface area contributed by atoms with Crippen LogP contribution in [0.15, 0.2) is 18.2 Å². The normalized spacial score (nSPS) is 17.7. The monoisotopic (exact) mass is 306 g/mol. The molecular weight excluding hydrogens is 290 g/mol. The number of hydrogen-bond donors (Lipinski definition) is 0. The number of rotatable bonds is 3. The minimum absolute atomic E-state index is 0.0158. The van der Waals surface area contributed by atoms with Crippen LogP contribution in [0.3, 0.4) is 0 Å². The maximum absolute atomic E-state index is 13.4. The molecule has 0 spiro atoms. The van der Waals surface area contributed by atoms with E-state index in [0.717, 1.165) is 18.6 Å². The zero-order valence-electron chi connectivity index (χ0n) is 12.4. The molecule has 1 aliphatic rings. The fourth-order valence-electron chi connectivity index (χ4n) is 2.75. The van der Waals surface area contributed by atoms with Gasteiger partial charge in [-0.3, -0.25) is 9.36 Å². The molecule has 1 aromatic heterocycles. The second-order valence-corrected chi connectivity index (χ2v) is 5.37. The SMILES string of the molecule is CCCN1Cc2nnc(-c3ccc(F)c(F)c3)n2[C@H](C)C1=O. The van der Waals surface area contributed by atoms with E-state index in [0.29, 0.717) is 30.3 Å². The van der Waals surface area contributed by atoms with Crippen LogP contribution in [0.2, 0.25) is 0 Å². The maximum atomic E-state index is 13.4. The molecule has 7 heteroatoms. The van der Waals surface area contributed by atoms with E-state index in [2.05, 4.69) is 10.2 Å². The smallest absolute Gasteiger partial charge is 0.245 e. The van der Waals surface area contributed by atoms with E-state index in [-0.39, 0.29) is 5.91 Å². The molecule has 0 radical (unpaired) electrons. The Morgan fingerprint density at radius 3 is 2.73 bits per heavy atom. The molecule has 5 nitrogen and oxygen atoms in total. The van der Waals surface area contributed by atoms with Crippen LogP contribution >= 0.6 is 0 Å². The van der Waals surface area contributed by atoms with Crippen LogP contribution in [0.4, 0.5) is 8.78 Å². The number of fused-ring (bicyclic) bond motifs is 1. The highest BCUT2D eigenvalue weighted by molar-refractivity contribution is 5.82. The summed E-state index contributed by atoms with van der Waals surface area (Å²) in [6.45, 7) is 4.81. The Labute approximate surface area is 126 Å².